The number of fused-ring (bicyclic) bond motifs is 1. The van der Waals surface area contributed by atoms with E-state index in [0.29, 0.717) is 5.69 Å². The number of nitrogens with one attached hydrogen (secondary N) is 2. The van der Waals surface area contributed by atoms with E-state index in [1.807, 2.05) is 24.3 Å². The van der Waals surface area contributed by atoms with Crippen molar-refractivity contribution in [2.24, 2.45) is 0 Å². The van der Waals surface area contributed by atoms with Gasteiger partial charge in [-0.1, -0.05) is 18.2 Å². The molecule has 0 atom stereocenters. The van der Waals surface area contributed by atoms with Crippen molar-refractivity contribution >= 4 is 16.8 Å². The second-order valence-electron chi connectivity index (χ2n) is 2.84. The fourth-order valence-electron chi connectivity index (χ4n) is 1.31. The van der Waals surface area contributed by atoms with Gasteiger partial charge in [0.15, 0.2) is 0 Å². The normalized spacial score (nSPS) is 9.64. The van der Waals surface area contributed by atoms with Crippen LogP contribution in [0.3, 0.4) is 0 Å². The van der Waals surface area contributed by atoms with Crippen molar-refractivity contribution in [3.05, 3.63) is 41.0 Å². The topological polar surface area (TPSA) is 49.2 Å². The van der Waals surface area contributed by atoms with Gasteiger partial charge in [-0.3, -0.25) is 4.79 Å². The predicted octanol–water partition coefficient (Wildman–Crippen LogP) is 1.78. The van der Waals surface area contributed by atoms with E-state index in [1.54, 1.807) is 6.07 Å². The summed E-state index contributed by atoms with van der Waals surface area (Å²) < 4.78 is 0. The minimum Gasteiger partial charge on any atom is -0.350 e. The van der Waals surface area contributed by atoms with Crippen molar-refractivity contribution in [2.45, 2.75) is 0 Å². The number of para-hydroxylation sites is 1. The minimum atomic E-state index is -0.344. The Hall–Kier alpha value is -2.28. The van der Waals surface area contributed by atoms with Crippen LogP contribution in [0.15, 0.2) is 30.3 Å². The lowest BCUT2D eigenvalue weighted by atomic mass is 10.2. The maximum Gasteiger partial charge on any atom is 0.338 e. The third-order valence-electron chi connectivity index (χ3n) is 1.94. The van der Waals surface area contributed by atoms with E-state index in [4.69, 9.17) is 6.57 Å². The van der Waals surface area contributed by atoms with Crippen LogP contribution in [0.4, 0.5) is 0 Å². The summed E-state index contributed by atoms with van der Waals surface area (Å²) in [6, 6.07) is 9.36. The highest BCUT2D eigenvalue weighted by Crippen LogP contribution is 2.14. The van der Waals surface area contributed by atoms with Crippen molar-refractivity contribution in [3.8, 4) is 6.57 Å². The first-order chi connectivity index (χ1) is 6.81. The van der Waals surface area contributed by atoms with Crippen LogP contribution in [0.1, 0.15) is 10.5 Å². The Morgan fingerprint density at radius 2 is 2.21 bits per heavy atom. The molecule has 4 heteroatoms. The Labute approximate surface area is 80.3 Å². The zero-order valence-electron chi connectivity index (χ0n) is 7.32. The van der Waals surface area contributed by atoms with E-state index >= 15 is 0 Å². The molecule has 0 saturated heterocycles. The number of aromatic amines is 1. The highest BCUT2D eigenvalue weighted by atomic mass is 16.2. The van der Waals surface area contributed by atoms with Crippen molar-refractivity contribution < 1.29 is 4.79 Å². The number of amides is 1. The van der Waals surface area contributed by atoms with Crippen LogP contribution in [0.25, 0.3) is 15.9 Å². The molecule has 0 aliphatic rings. The summed E-state index contributed by atoms with van der Waals surface area (Å²) in [4.78, 5) is 17.3. The number of carbonyl (C=O) groups is 1. The molecule has 2 aromatic rings. The fraction of sp³-hybridized carbons (Fsp3) is 0. The molecule has 2 rings (SSSR count). The number of aromatic nitrogens is 1. The molecule has 0 aliphatic heterocycles. The fourth-order valence-corrected chi connectivity index (χ4v) is 1.31. The molecule has 14 heavy (non-hydrogen) atoms. The quantitative estimate of drug-likeness (QED) is 0.655. The average molecular weight is 186 g/mol. The van der Waals surface area contributed by atoms with Gasteiger partial charge in [-0.15, -0.1) is 0 Å². The lowest BCUT2D eigenvalue weighted by Crippen LogP contribution is -2.15. The second-order valence-corrected chi connectivity index (χ2v) is 2.84. The van der Waals surface area contributed by atoms with Gasteiger partial charge in [-0.05, 0) is 17.6 Å². The number of rotatable bonds is 1. The van der Waals surface area contributed by atoms with Crippen LogP contribution in [-0.4, -0.2) is 10.9 Å². The Bertz CT molecular complexity index is 488. The Kier molecular flexibility index (Phi) is 1.92. The van der Waals surface area contributed by atoms with Crippen molar-refractivity contribution in [1.29, 1.82) is 0 Å². The zero-order valence-corrected chi connectivity index (χ0v) is 7.32. The van der Waals surface area contributed by atoms with Crippen molar-refractivity contribution in [3.63, 3.8) is 0 Å². The first-order valence-electron chi connectivity index (χ1n) is 4.09. The summed E-state index contributed by atoms with van der Waals surface area (Å²) in [6.07, 6.45) is 0. The zero-order chi connectivity index (χ0) is 9.97. The number of carbonyl (C=O) groups excluding carboxylic acids is 1. The third kappa shape index (κ3) is 1.31. The monoisotopic (exact) mass is 186 g/mol. The minimum absolute atomic E-state index is 0.344. The molecule has 2 N–H and O–H groups in total. The lowest BCUT2D eigenvalue weighted by Gasteiger charge is -1.85. The molecule has 4 nitrogen and oxygen atoms in total. The van der Waals surface area contributed by atoms with E-state index in [-0.39, 0.29) is 5.91 Å². The smallest absolute Gasteiger partial charge is 0.338 e. The molecular formula is C10H8N3O+. The lowest BCUT2D eigenvalue weighted by molar-refractivity contribution is 0.0965. The van der Waals surface area contributed by atoms with Crippen molar-refractivity contribution in [1.82, 2.24) is 10.4 Å². The highest BCUT2D eigenvalue weighted by Gasteiger charge is 2.11. The van der Waals surface area contributed by atoms with Crippen LogP contribution in [0, 0.1) is 6.57 Å². The van der Waals surface area contributed by atoms with E-state index in [9.17, 15) is 4.79 Å². The van der Waals surface area contributed by atoms with Crippen LogP contribution >= 0.6 is 0 Å². The molecule has 0 fully saturated rings. The molecule has 0 saturated carbocycles. The molecule has 1 heterocycles. The first kappa shape index (κ1) is 8.32. The van der Waals surface area contributed by atoms with Gasteiger partial charge in [-0.25, -0.2) is 0 Å². The van der Waals surface area contributed by atoms with E-state index in [2.05, 4.69) is 15.4 Å². The number of benzene rings is 1. The Balaban J connectivity index is 2.46. The molecule has 1 aromatic carbocycles. The molecular weight excluding hydrogens is 178 g/mol. The average Bonchev–Trinajstić information content (AvgIpc) is 2.61. The van der Waals surface area contributed by atoms with Gasteiger partial charge >= 0.3 is 12.5 Å². The van der Waals surface area contributed by atoms with Crippen molar-refractivity contribution in [2.75, 3.05) is 0 Å². The first-order valence-corrected chi connectivity index (χ1v) is 4.09. The molecule has 1 amide bonds. The summed E-state index contributed by atoms with van der Waals surface area (Å²) in [5.74, 6) is -0.344. The van der Waals surface area contributed by atoms with E-state index in [1.165, 1.54) is 0 Å². The molecule has 0 spiro atoms. The number of nitrogens with zero attached hydrogens (tertiary/aromatic N) is 1. The molecule has 0 unspecified atom stereocenters. The molecule has 68 valence electrons. The van der Waals surface area contributed by atoms with Crippen LogP contribution in [0.2, 0.25) is 0 Å². The predicted molar refractivity (Wildman–Crippen MR) is 54.1 cm³/mol. The van der Waals surface area contributed by atoms with Gasteiger partial charge in [0, 0.05) is 10.9 Å². The van der Waals surface area contributed by atoms with Gasteiger partial charge in [0.1, 0.15) is 5.69 Å². The summed E-state index contributed by atoms with van der Waals surface area (Å²) in [5, 5.41) is 0.981. The van der Waals surface area contributed by atoms with Crippen LogP contribution in [0.5, 0.6) is 0 Å². The van der Waals surface area contributed by atoms with Gasteiger partial charge in [0.05, 0.1) is 4.95 Å². The number of H-pyrrole nitrogens is 1. The summed E-state index contributed by atoms with van der Waals surface area (Å²) in [5.41, 5.74) is 3.51. The molecule has 0 radical (unpaired) electrons. The molecule has 1 aromatic heterocycles. The summed E-state index contributed by atoms with van der Waals surface area (Å²) in [6.45, 7) is 4.84. The summed E-state index contributed by atoms with van der Waals surface area (Å²) >= 11 is 0. The highest BCUT2D eigenvalue weighted by molar-refractivity contribution is 5.98. The SMILES string of the molecule is C#[N+]NC(=O)c1cc2ccccc2[nH]1. The molecule has 0 aliphatic carbocycles. The number of hydrogen-bond donors (Lipinski definition) is 2. The second kappa shape index (κ2) is 3.23. The van der Waals surface area contributed by atoms with Gasteiger partial charge < -0.3 is 4.98 Å². The Morgan fingerprint density at radius 3 is 2.93 bits per heavy atom. The maximum absolute atomic E-state index is 11.3. The number of hydrogen-bond acceptors (Lipinski definition) is 1. The third-order valence-corrected chi connectivity index (χ3v) is 1.94. The standard InChI is InChI=1S/C10H7N3O/c1-11-13-10(14)9-6-7-4-2-3-5-8(7)12-9/h1-6H,(H-,12,13,14)/p+1. The van der Waals surface area contributed by atoms with E-state index < -0.39 is 0 Å². The van der Waals surface area contributed by atoms with Crippen LogP contribution in [-0.2, 0) is 0 Å². The largest absolute Gasteiger partial charge is 0.350 e. The molecule has 0 bridgehead atoms. The summed E-state index contributed by atoms with van der Waals surface area (Å²) in [7, 11) is 0. The van der Waals surface area contributed by atoms with E-state index in [0.717, 1.165) is 10.9 Å². The maximum atomic E-state index is 11.3. The Morgan fingerprint density at radius 1 is 1.43 bits per heavy atom. The van der Waals surface area contributed by atoms with Gasteiger partial charge in [-0.2, -0.15) is 0 Å². The van der Waals surface area contributed by atoms with Gasteiger partial charge in [0.2, 0.25) is 0 Å². The van der Waals surface area contributed by atoms with Gasteiger partial charge in [0.25, 0.3) is 0 Å². The van der Waals surface area contributed by atoms with Crippen LogP contribution < -0.4 is 5.43 Å².